The van der Waals surface area contributed by atoms with Gasteiger partial charge < -0.3 is 0 Å². The molecule has 8 bridgehead atoms. The lowest BCUT2D eigenvalue weighted by molar-refractivity contribution is 0.120. The lowest BCUT2D eigenvalue weighted by Gasteiger charge is -2.39. The molecule has 8 nitrogen and oxygen atoms in total. The van der Waals surface area contributed by atoms with Gasteiger partial charge in [0.2, 0.25) is 0 Å². The molecule has 9 rings (SSSR count). The molecule has 0 aromatic carbocycles. The summed E-state index contributed by atoms with van der Waals surface area (Å²) in [5.41, 5.74) is 0. The smallest absolute Gasteiger partial charge is 0.0631 e. The second-order valence-electron chi connectivity index (χ2n) is 16.3. The fraction of sp³-hybridized carbons (Fsp3) is 1.00. The number of hydrogen-bond donors (Lipinski definition) is 8. The zero-order valence-electron chi connectivity index (χ0n) is 26.1. The first-order chi connectivity index (χ1) is 20.7. The summed E-state index contributed by atoms with van der Waals surface area (Å²) in [6.45, 7) is 2.45. The summed E-state index contributed by atoms with van der Waals surface area (Å²) < 4.78 is 0. The summed E-state index contributed by atoms with van der Waals surface area (Å²) in [4.78, 5) is 0. The molecule has 4 aliphatic carbocycles. The Bertz CT molecular complexity index is 962. The van der Waals surface area contributed by atoms with Crippen molar-refractivity contribution in [2.24, 2.45) is 53.3 Å². The molecule has 9 fully saturated rings. The molecular weight excluding hydrogens is 520 g/mol. The molecule has 17 atom stereocenters. The predicted octanol–water partition coefficient (Wildman–Crippen LogP) is 3.24. The highest BCUT2D eigenvalue weighted by molar-refractivity contribution is 5.08. The zero-order chi connectivity index (χ0) is 27.8. The van der Waals surface area contributed by atoms with Gasteiger partial charge in [0.05, 0.1) is 49.3 Å². The maximum absolute atomic E-state index is 4.33. The summed E-state index contributed by atoms with van der Waals surface area (Å²) in [5.74, 6) is 6.72. The highest BCUT2D eigenvalue weighted by atomic mass is 15.4. The highest BCUT2D eigenvalue weighted by Gasteiger charge is 2.55. The van der Waals surface area contributed by atoms with Gasteiger partial charge in [-0.2, -0.15) is 0 Å². The Morgan fingerprint density at radius 1 is 0.333 bits per heavy atom. The highest BCUT2D eigenvalue weighted by Crippen LogP contribution is 2.47. The SMILES string of the molecule is CCC1CCCC2C3NC4NC(NC5NC(NC6NC(NC(N3)C12)C1CCCCC61)C1CCCCC51)C1CCCCC41. The van der Waals surface area contributed by atoms with E-state index in [1.807, 2.05) is 0 Å². The summed E-state index contributed by atoms with van der Waals surface area (Å²) >= 11 is 0. The van der Waals surface area contributed by atoms with E-state index in [2.05, 4.69) is 49.5 Å². The summed E-state index contributed by atoms with van der Waals surface area (Å²) in [6, 6.07) is 0. The molecule has 5 heterocycles. The molecule has 0 radical (unpaired) electrons. The van der Waals surface area contributed by atoms with Crippen LogP contribution in [0.15, 0.2) is 0 Å². The van der Waals surface area contributed by atoms with E-state index in [4.69, 9.17) is 0 Å². The van der Waals surface area contributed by atoms with Gasteiger partial charge in [-0.05, 0) is 98.2 Å². The van der Waals surface area contributed by atoms with Crippen LogP contribution in [0, 0.1) is 53.3 Å². The largest absolute Gasteiger partial charge is 0.286 e. The molecule has 9 aliphatic rings. The van der Waals surface area contributed by atoms with E-state index in [0.29, 0.717) is 49.3 Å². The Morgan fingerprint density at radius 3 is 0.952 bits per heavy atom. The second kappa shape index (κ2) is 11.5. The summed E-state index contributed by atoms with van der Waals surface area (Å²) in [5, 5.41) is 34.1. The van der Waals surface area contributed by atoms with Crippen LogP contribution in [0.5, 0.6) is 0 Å². The lowest BCUT2D eigenvalue weighted by Crippen LogP contribution is -2.61. The van der Waals surface area contributed by atoms with Crippen molar-refractivity contribution in [2.45, 2.75) is 159 Å². The molecular formula is C34H60N8. The Kier molecular flexibility index (Phi) is 7.64. The third-order valence-electron chi connectivity index (χ3n) is 14.6. The standard InChI is InChI=1S/C34H60N8/c1-2-18-10-9-17-25-26(18)34-41-32-24-16-8-7-15-23(24)30(39-32)37-28-20-12-4-3-11-19(20)27(35-28)36-29-21-13-5-6-14-22(21)31(38-29)40-33(25)42-34/h18-42H,2-17H2,1H3. The van der Waals surface area contributed by atoms with Gasteiger partial charge in [-0.25, -0.2) is 0 Å². The van der Waals surface area contributed by atoms with E-state index >= 15 is 0 Å². The van der Waals surface area contributed by atoms with Gasteiger partial charge in [0, 0.05) is 0 Å². The maximum atomic E-state index is 4.33. The first-order valence-corrected chi connectivity index (χ1v) is 18.8. The van der Waals surface area contributed by atoms with Crippen molar-refractivity contribution in [3.05, 3.63) is 0 Å². The molecule has 0 spiro atoms. The molecule has 236 valence electrons. The second-order valence-corrected chi connectivity index (χ2v) is 16.3. The van der Waals surface area contributed by atoms with E-state index in [0.717, 1.165) is 53.3 Å². The van der Waals surface area contributed by atoms with E-state index in [9.17, 15) is 0 Å². The Morgan fingerprint density at radius 2 is 0.619 bits per heavy atom. The number of rotatable bonds is 1. The van der Waals surface area contributed by atoms with Crippen LogP contribution in [0.3, 0.4) is 0 Å². The van der Waals surface area contributed by atoms with Crippen LogP contribution >= 0.6 is 0 Å². The summed E-state index contributed by atoms with van der Waals surface area (Å²) in [7, 11) is 0. The lowest BCUT2D eigenvalue weighted by atomic mass is 9.70. The quantitative estimate of drug-likeness (QED) is 0.240. The van der Waals surface area contributed by atoms with Crippen LogP contribution in [0.4, 0.5) is 0 Å². The minimum absolute atomic E-state index is 0.402. The molecule has 0 aromatic heterocycles. The van der Waals surface area contributed by atoms with Gasteiger partial charge in [-0.15, -0.1) is 0 Å². The third kappa shape index (κ3) is 4.68. The van der Waals surface area contributed by atoms with Gasteiger partial charge >= 0.3 is 0 Å². The number of fused-ring (bicyclic) bond motifs is 20. The van der Waals surface area contributed by atoms with Crippen molar-refractivity contribution in [3.8, 4) is 0 Å². The van der Waals surface area contributed by atoms with Crippen molar-refractivity contribution < 1.29 is 0 Å². The van der Waals surface area contributed by atoms with Crippen molar-refractivity contribution in [1.29, 1.82) is 0 Å². The average Bonchev–Trinajstić information content (AvgIpc) is 3.76. The molecule has 17 unspecified atom stereocenters. The van der Waals surface area contributed by atoms with Gasteiger partial charge in [0.25, 0.3) is 0 Å². The topological polar surface area (TPSA) is 96.2 Å². The van der Waals surface area contributed by atoms with Gasteiger partial charge in [0.15, 0.2) is 0 Å². The predicted molar refractivity (Wildman–Crippen MR) is 166 cm³/mol. The zero-order valence-corrected chi connectivity index (χ0v) is 26.1. The molecule has 8 heteroatoms. The van der Waals surface area contributed by atoms with E-state index in [-0.39, 0.29) is 0 Å². The van der Waals surface area contributed by atoms with Crippen molar-refractivity contribution >= 4 is 0 Å². The van der Waals surface area contributed by atoms with Crippen molar-refractivity contribution in [3.63, 3.8) is 0 Å². The van der Waals surface area contributed by atoms with Crippen LogP contribution in [0.2, 0.25) is 0 Å². The van der Waals surface area contributed by atoms with Crippen LogP contribution in [0.1, 0.15) is 110 Å². The van der Waals surface area contributed by atoms with Crippen LogP contribution in [-0.4, -0.2) is 49.3 Å². The van der Waals surface area contributed by atoms with Gasteiger partial charge in [-0.1, -0.05) is 64.7 Å². The van der Waals surface area contributed by atoms with Crippen molar-refractivity contribution in [2.75, 3.05) is 0 Å². The first-order valence-electron chi connectivity index (χ1n) is 18.8. The monoisotopic (exact) mass is 580 g/mol. The Hall–Kier alpha value is -0.320. The summed E-state index contributed by atoms with van der Waals surface area (Å²) in [6.07, 6.45) is 25.4. The van der Waals surface area contributed by atoms with E-state index in [1.54, 1.807) is 0 Å². The van der Waals surface area contributed by atoms with Crippen LogP contribution < -0.4 is 42.5 Å². The molecule has 5 aliphatic heterocycles. The Balaban J connectivity index is 1.06. The fourth-order valence-corrected chi connectivity index (χ4v) is 12.7. The van der Waals surface area contributed by atoms with E-state index in [1.165, 1.54) is 103 Å². The third-order valence-corrected chi connectivity index (χ3v) is 14.6. The minimum Gasteiger partial charge on any atom is -0.286 e. The van der Waals surface area contributed by atoms with Crippen LogP contribution in [-0.2, 0) is 0 Å². The molecule has 42 heavy (non-hydrogen) atoms. The number of hydrogen-bond acceptors (Lipinski definition) is 8. The maximum Gasteiger partial charge on any atom is 0.0631 e. The first kappa shape index (κ1) is 27.9. The van der Waals surface area contributed by atoms with Crippen LogP contribution in [0.25, 0.3) is 0 Å². The van der Waals surface area contributed by atoms with Gasteiger partial charge in [0.1, 0.15) is 0 Å². The molecule has 4 saturated carbocycles. The molecule has 0 amide bonds. The van der Waals surface area contributed by atoms with E-state index < -0.39 is 0 Å². The number of nitrogens with one attached hydrogen (secondary N) is 8. The molecule has 0 aromatic rings. The van der Waals surface area contributed by atoms with Gasteiger partial charge in [-0.3, -0.25) is 42.5 Å². The normalized spacial score (nSPS) is 57.2. The molecule has 5 saturated heterocycles. The fourth-order valence-electron chi connectivity index (χ4n) is 12.7. The average molecular weight is 581 g/mol. The molecule has 8 N–H and O–H groups in total. The minimum atomic E-state index is 0.402. The Labute approximate surface area is 254 Å². The van der Waals surface area contributed by atoms with Crippen molar-refractivity contribution in [1.82, 2.24) is 42.5 Å².